The number of hydrogen-bond acceptors (Lipinski definition) is 1. The highest BCUT2D eigenvalue weighted by molar-refractivity contribution is 4.63. The van der Waals surface area contributed by atoms with Gasteiger partial charge in [-0.3, -0.25) is 5.73 Å². The Morgan fingerprint density at radius 2 is 1.88 bits per heavy atom. The van der Waals surface area contributed by atoms with E-state index in [1.165, 1.54) is 0 Å². The Balaban J connectivity index is 3.62. The number of nitrogens with one attached hydrogen (secondary N) is 1. The minimum absolute atomic E-state index is 1.02. The third-order valence-electron chi connectivity index (χ3n) is 0.571. The van der Waals surface area contributed by atoms with Gasteiger partial charge in [0.25, 0.3) is 0 Å². The van der Waals surface area contributed by atoms with E-state index in [1.54, 1.807) is 0 Å². The van der Waals surface area contributed by atoms with E-state index in [0.29, 0.717) is 0 Å². The molecule has 0 spiro atoms. The topological polar surface area (TPSA) is 44.0 Å². The van der Waals surface area contributed by atoms with Crippen molar-refractivity contribution < 1.29 is 18.3 Å². The second-order valence-corrected chi connectivity index (χ2v) is 1.26. The van der Waals surface area contributed by atoms with Gasteiger partial charge in [-0.2, -0.15) is 13.2 Å². The van der Waals surface area contributed by atoms with Gasteiger partial charge in [0.2, 0.25) is 0 Å². The minimum Gasteiger partial charge on any atom is -0.382 e. The van der Waals surface area contributed by atoms with Crippen molar-refractivity contribution >= 4 is 0 Å². The van der Waals surface area contributed by atoms with Crippen LogP contribution in [0, 0.1) is 0 Å². The number of aliphatic hydroxyl groups is 1. The highest BCUT2D eigenvalue weighted by atomic mass is 19.4. The SMILES string of the molecule is [NH]CC(O)C(F)(F)F. The molecule has 0 aliphatic carbocycles. The molecule has 0 saturated heterocycles. The summed E-state index contributed by atoms with van der Waals surface area (Å²) in [5.74, 6) is 0. The molecule has 5 heteroatoms. The maximum Gasteiger partial charge on any atom is 0.415 e. The Morgan fingerprint density at radius 3 is 1.88 bits per heavy atom. The van der Waals surface area contributed by atoms with E-state index in [1.807, 2.05) is 0 Å². The van der Waals surface area contributed by atoms with Gasteiger partial charge in [-0.05, 0) is 0 Å². The average Bonchev–Trinajstić information content (AvgIpc) is 1.62. The van der Waals surface area contributed by atoms with Crippen LogP contribution in [0.25, 0.3) is 0 Å². The van der Waals surface area contributed by atoms with Gasteiger partial charge in [0, 0.05) is 6.54 Å². The van der Waals surface area contributed by atoms with E-state index < -0.39 is 18.8 Å². The van der Waals surface area contributed by atoms with Crippen molar-refractivity contribution in [2.24, 2.45) is 0 Å². The Morgan fingerprint density at radius 1 is 1.50 bits per heavy atom. The van der Waals surface area contributed by atoms with Crippen LogP contribution in [0.2, 0.25) is 0 Å². The molecule has 1 unspecified atom stereocenters. The lowest BCUT2D eigenvalue weighted by molar-refractivity contribution is -0.200. The fraction of sp³-hybridized carbons (Fsp3) is 1.00. The first-order valence-corrected chi connectivity index (χ1v) is 1.88. The fourth-order valence-corrected chi connectivity index (χ4v) is 0.116. The van der Waals surface area contributed by atoms with Crippen LogP contribution >= 0.6 is 0 Å². The molecular formula is C3H5F3NO. The molecule has 0 bridgehead atoms. The lowest BCUT2D eigenvalue weighted by Crippen LogP contribution is -2.32. The zero-order chi connectivity index (χ0) is 6.78. The molecule has 1 radical (unpaired) electrons. The van der Waals surface area contributed by atoms with E-state index >= 15 is 0 Å². The van der Waals surface area contributed by atoms with Gasteiger partial charge < -0.3 is 5.11 Å². The summed E-state index contributed by atoms with van der Waals surface area (Å²) < 4.78 is 33.2. The molecule has 0 heterocycles. The second kappa shape index (κ2) is 2.32. The smallest absolute Gasteiger partial charge is 0.382 e. The Kier molecular flexibility index (Phi) is 2.24. The molecule has 49 valence electrons. The number of aliphatic hydroxyl groups excluding tert-OH is 1. The van der Waals surface area contributed by atoms with E-state index in [4.69, 9.17) is 10.8 Å². The van der Waals surface area contributed by atoms with Crippen molar-refractivity contribution in [3.63, 3.8) is 0 Å². The summed E-state index contributed by atoms with van der Waals surface area (Å²) in [5.41, 5.74) is 6.09. The van der Waals surface area contributed by atoms with Crippen molar-refractivity contribution in [2.45, 2.75) is 12.3 Å². The lowest BCUT2D eigenvalue weighted by atomic mass is 10.4. The molecule has 0 fully saturated rings. The average molecular weight is 128 g/mol. The summed E-state index contributed by atoms with van der Waals surface area (Å²) in [6.45, 7) is -1.02. The summed E-state index contributed by atoms with van der Waals surface area (Å²) in [5, 5.41) is 7.88. The second-order valence-electron chi connectivity index (χ2n) is 1.26. The van der Waals surface area contributed by atoms with Gasteiger partial charge in [-0.25, -0.2) is 0 Å². The predicted octanol–water partition coefficient (Wildman–Crippen LogP) is 0.192. The zero-order valence-electron chi connectivity index (χ0n) is 3.87. The lowest BCUT2D eigenvalue weighted by Gasteiger charge is -2.09. The van der Waals surface area contributed by atoms with Gasteiger partial charge >= 0.3 is 6.18 Å². The van der Waals surface area contributed by atoms with Crippen LogP contribution in [0.3, 0.4) is 0 Å². The standard InChI is InChI=1S/C3H5F3NO/c4-3(5,6)2(8)1-7/h2,7-8H,1H2. The highest BCUT2D eigenvalue weighted by Gasteiger charge is 2.36. The quantitative estimate of drug-likeness (QED) is 0.538. The molecule has 0 aliphatic heterocycles. The van der Waals surface area contributed by atoms with Crippen LogP contribution in [0.4, 0.5) is 13.2 Å². The Labute approximate surface area is 44.1 Å². The Bertz CT molecular complexity index is 71.4. The van der Waals surface area contributed by atoms with Crippen molar-refractivity contribution in [1.82, 2.24) is 5.73 Å². The summed E-state index contributed by atoms with van der Waals surface area (Å²) >= 11 is 0. The van der Waals surface area contributed by atoms with E-state index in [2.05, 4.69) is 0 Å². The zero-order valence-corrected chi connectivity index (χ0v) is 3.87. The van der Waals surface area contributed by atoms with Crippen molar-refractivity contribution in [3.05, 3.63) is 0 Å². The number of alkyl halides is 3. The number of halogens is 3. The van der Waals surface area contributed by atoms with Gasteiger partial charge in [-0.15, -0.1) is 0 Å². The molecule has 2 nitrogen and oxygen atoms in total. The normalized spacial score (nSPS) is 16.1. The molecule has 0 aliphatic rings. The van der Waals surface area contributed by atoms with Crippen LogP contribution in [-0.4, -0.2) is 23.9 Å². The first-order valence-electron chi connectivity index (χ1n) is 1.88. The summed E-state index contributed by atoms with van der Waals surface area (Å²) in [6, 6.07) is 0. The van der Waals surface area contributed by atoms with Crippen LogP contribution in [0.15, 0.2) is 0 Å². The molecule has 0 rings (SSSR count). The molecular weight excluding hydrogens is 123 g/mol. The largest absolute Gasteiger partial charge is 0.415 e. The molecule has 0 amide bonds. The minimum atomic E-state index is -4.62. The predicted molar refractivity (Wildman–Crippen MR) is 20.0 cm³/mol. The van der Waals surface area contributed by atoms with E-state index in [-0.39, 0.29) is 0 Å². The molecule has 0 aromatic rings. The molecule has 2 N–H and O–H groups in total. The first kappa shape index (κ1) is 7.71. The fourth-order valence-electron chi connectivity index (χ4n) is 0.116. The maximum absolute atomic E-state index is 11.1. The monoisotopic (exact) mass is 128 g/mol. The summed E-state index contributed by atoms with van der Waals surface area (Å²) in [7, 11) is 0. The summed E-state index contributed by atoms with van der Waals surface area (Å²) in [4.78, 5) is 0. The van der Waals surface area contributed by atoms with Crippen LogP contribution in [-0.2, 0) is 0 Å². The molecule has 0 aromatic heterocycles. The number of rotatable bonds is 1. The molecule has 0 aromatic carbocycles. The Hall–Kier alpha value is -0.290. The van der Waals surface area contributed by atoms with Crippen molar-refractivity contribution in [3.8, 4) is 0 Å². The maximum atomic E-state index is 11.1. The van der Waals surface area contributed by atoms with Crippen molar-refractivity contribution in [2.75, 3.05) is 6.54 Å². The highest BCUT2D eigenvalue weighted by Crippen LogP contribution is 2.18. The van der Waals surface area contributed by atoms with Gasteiger partial charge in [0.15, 0.2) is 6.10 Å². The van der Waals surface area contributed by atoms with Gasteiger partial charge in [0.1, 0.15) is 0 Å². The third kappa shape index (κ3) is 2.13. The molecule has 0 saturated carbocycles. The number of hydrogen-bond donors (Lipinski definition) is 1. The van der Waals surface area contributed by atoms with Crippen LogP contribution in [0.5, 0.6) is 0 Å². The van der Waals surface area contributed by atoms with Crippen molar-refractivity contribution in [1.29, 1.82) is 0 Å². The van der Waals surface area contributed by atoms with E-state index in [9.17, 15) is 13.2 Å². The first-order chi connectivity index (χ1) is 3.48. The summed E-state index contributed by atoms with van der Waals surface area (Å²) in [6.07, 6.45) is -7.11. The van der Waals surface area contributed by atoms with Crippen LogP contribution < -0.4 is 5.73 Å². The molecule has 1 atom stereocenters. The third-order valence-corrected chi connectivity index (χ3v) is 0.571. The van der Waals surface area contributed by atoms with E-state index in [0.717, 1.165) is 0 Å². The molecule has 8 heavy (non-hydrogen) atoms. The van der Waals surface area contributed by atoms with Crippen LogP contribution in [0.1, 0.15) is 0 Å². The van der Waals surface area contributed by atoms with Gasteiger partial charge in [-0.1, -0.05) is 0 Å². The van der Waals surface area contributed by atoms with Gasteiger partial charge in [0.05, 0.1) is 0 Å².